The molecule has 0 fully saturated rings. The molecular formula is C24H29N3O3S3. The Morgan fingerprint density at radius 2 is 1.85 bits per heavy atom. The molecule has 3 aromatic rings. The van der Waals surface area contributed by atoms with Gasteiger partial charge in [-0.15, -0.1) is 11.3 Å². The highest BCUT2D eigenvalue weighted by atomic mass is 32.2. The summed E-state index contributed by atoms with van der Waals surface area (Å²) in [4.78, 5) is 3.98. The molecule has 0 spiro atoms. The van der Waals surface area contributed by atoms with Crippen molar-refractivity contribution in [2.75, 3.05) is 25.0 Å². The summed E-state index contributed by atoms with van der Waals surface area (Å²) in [5.74, 6) is 0. The normalized spacial score (nSPS) is 16.4. The predicted molar refractivity (Wildman–Crippen MR) is 136 cm³/mol. The monoisotopic (exact) mass is 503 g/mol. The molecule has 0 amide bonds. The molecule has 0 bridgehead atoms. The Morgan fingerprint density at radius 1 is 1.09 bits per heavy atom. The Balaban J connectivity index is 1.51. The molecule has 2 aromatic carbocycles. The number of benzene rings is 2. The van der Waals surface area contributed by atoms with Crippen molar-refractivity contribution < 1.29 is 12.6 Å². The maximum atomic E-state index is 13.2. The van der Waals surface area contributed by atoms with Crippen molar-refractivity contribution >= 4 is 43.5 Å². The second-order valence-electron chi connectivity index (χ2n) is 8.14. The van der Waals surface area contributed by atoms with Gasteiger partial charge in [-0.1, -0.05) is 18.2 Å². The summed E-state index contributed by atoms with van der Waals surface area (Å²) in [7, 11) is -3.23. The quantitative estimate of drug-likeness (QED) is 0.438. The van der Waals surface area contributed by atoms with E-state index in [4.69, 9.17) is 0 Å². The largest absolute Gasteiger partial charge is 0.339 e. The van der Waals surface area contributed by atoms with Crippen LogP contribution in [0.3, 0.4) is 0 Å². The summed E-state index contributed by atoms with van der Waals surface area (Å²) in [6.07, 6.45) is 0.844. The molecule has 1 aromatic heterocycles. The number of sulfonamides is 1. The fourth-order valence-corrected chi connectivity index (χ4v) is 7.99. The van der Waals surface area contributed by atoms with Crippen LogP contribution in [-0.4, -0.2) is 32.8 Å². The van der Waals surface area contributed by atoms with Gasteiger partial charge in [-0.25, -0.2) is 17.3 Å². The molecule has 6 nitrogen and oxygen atoms in total. The highest BCUT2D eigenvalue weighted by Crippen LogP contribution is 2.44. The minimum absolute atomic E-state index is 0.0909. The molecule has 9 heteroatoms. The summed E-state index contributed by atoms with van der Waals surface area (Å²) in [6.45, 7) is 7.64. The third kappa shape index (κ3) is 4.52. The average Bonchev–Trinajstić information content (AvgIpc) is 3.32. The van der Waals surface area contributed by atoms with E-state index in [1.807, 2.05) is 54.8 Å². The van der Waals surface area contributed by atoms with E-state index in [0.29, 0.717) is 4.21 Å². The van der Waals surface area contributed by atoms with Crippen molar-refractivity contribution in [2.45, 2.75) is 47.2 Å². The van der Waals surface area contributed by atoms with E-state index >= 15 is 0 Å². The van der Waals surface area contributed by atoms with E-state index in [0.717, 1.165) is 51.8 Å². The predicted octanol–water partition coefficient (Wildman–Crippen LogP) is 4.63. The lowest BCUT2D eigenvalue weighted by Gasteiger charge is -2.34. The first kappa shape index (κ1) is 24.1. The van der Waals surface area contributed by atoms with E-state index in [1.165, 1.54) is 23.9 Å². The standard InChI is InChI=1S/C24H29N3O3S3/c1-16-10-11-22-23(17(16)2)27(20-8-5-6-9-21(20)32(22)28)14-7-13-26-18(3)19-12-15-31-24(19)33(29,30)25-4/h5-6,8-12,15,18,25-26H,7,13-14H2,1-4H3. The average molecular weight is 504 g/mol. The first-order valence-electron chi connectivity index (χ1n) is 10.9. The fourth-order valence-electron chi connectivity index (χ4n) is 4.17. The second kappa shape index (κ2) is 9.68. The van der Waals surface area contributed by atoms with Crippen LogP contribution in [0.15, 0.2) is 61.8 Å². The molecule has 2 N–H and O–H groups in total. The van der Waals surface area contributed by atoms with Gasteiger partial charge in [0, 0.05) is 12.6 Å². The number of nitrogens with zero attached hydrogens (tertiary/aromatic N) is 1. The van der Waals surface area contributed by atoms with Gasteiger partial charge in [-0.05, 0) is 87.1 Å². The summed E-state index contributed by atoms with van der Waals surface area (Å²) < 4.78 is 40.6. The molecule has 1 aliphatic heterocycles. The van der Waals surface area contributed by atoms with Gasteiger partial charge in [-0.2, -0.15) is 0 Å². The zero-order valence-corrected chi connectivity index (χ0v) is 21.7. The fraction of sp³-hybridized carbons (Fsp3) is 0.333. The Morgan fingerprint density at radius 3 is 2.61 bits per heavy atom. The van der Waals surface area contributed by atoms with Crippen LogP contribution in [0.5, 0.6) is 0 Å². The Hall–Kier alpha value is -2.04. The van der Waals surface area contributed by atoms with Crippen molar-refractivity contribution in [1.29, 1.82) is 0 Å². The molecule has 2 atom stereocenters. The molecule has 0 radical (unpaired) electrons. The maximum absolute atomic E-state index is 13.2. The van der Waals surface area contributed by atoms with Crippen LogP contribution >= 0.6 is 11.3 Å². The van der Waals surface area contributed by atoms with E-state index in [1.54, 1.807) is 0 Å². The molecule has 0 aliphatic carbocycles. The number of nitrogens with one attached hydrogen (secondary N) is 2. The number of para-hydroxylation sites is 1. The van der Waals surface area contributed by atoms with Crippen molar-refractivity contribution in [2.24, 2.45) is 0 Å². The van der Waals surface area contributed by atoms with Gasteiger partial charge in [0.25, 0.3) is 0 Å². The van der Waals surface area contributed by atoms with Crippen LogP contribution in [0.1, 0.15) is 36.1 Å². The van der Waals surface area contributed by atoms with Crippen molar-refractivity contribution in [1.82, 2.24) is 10.0 Å². The van der Waals surface area contributed by atoms with Crippen LogP contribution in [0.2, 0.25) is 0 Å². The van der Waals surface area contributed by atoms with E-state index < -0.39 is 20.8 Å². The van der Waals surface area contributed by atoms with Crippen LogP contribution < -0.4 is 14.9 Å². The third-order valence-corrected chi connectivity index (χ3v) is 10.5. The molecule has 2 heterocycles. The van der Waals surface area contributed by atoms with Gasteiger partial charge >= 0.3 is 0 Å². The Kier molecular flexibility index (Phi) is 7.07. The van der Waals surface area contributed by atoms with Crippen molar-refractivity contribution in [3.63, 3.8) is 0 Å². The van der Waals surface area contributed by atoms with E-state index in [9.17, 15) is 12.6 Å². The summed E-state index contributed by atoms with van der Waals surface area (Å²) in [6, 6.07) is 13.7. The van der Waals surface area contributed by atoms with E-state index in [2.05, 4.69) is 28.8 Å². The Labute approximate surface area is 202 Å². The number of hydrogen-bond donors (Lipinski definition) is 2. The minimum Gasteiger partial charge on any atom is -0.339 e. The van der Waals surface area contributed by atoms with Crippen LogP contribution in [0.25, 0.3) is 0 Å². The molecule has 176 valence electrons. The summed E-state index contributed by atoms with van der Waals surface area (Å²) >= 11 is 1.23. The van der Waals surface area contributed by atoms with Crippen LogP contribution in [0.4, 0.5) is 11.4 Å². The number of aryl methyl sites for hydroxylation is 1. The summed E-state index contributed by atoms with van der Waals surface area (Å²) in [5, 5.41) is 5.28. The lowest BCUT2D eigenvalue weighted by atomic mass is 10.1. The highest BCUT2D eigenvalue weighted by molar-refractivity contribution is 7.91. The van der Waals surface area contributed by atoms with Crippen LogP contribution in [-0.2, 0) is 20.8 Å². The van der Waals surface area contributed by atoms with Crippen molar-refractivity contribution in [3.8, 4) is 0 Å². The second-order valence-corrected chi connectivity index (χ2v) is 12.6. The van der Waals surface area contributed by atoms with Crippen LogP contribution in [0, 0.1) is 13.8 Å². The van der Waals surface area contributed by atoms with Gasteiger partial charge in [0.1, 0.15) is 4.21 Å². The number of rotatable bonds is 8. The number of anilines is 2. The first-order chi connectivity index (χ1) is 15.8. The van der Waals surface area contributed by atoms with Gasteiger partial charge in [-0.3, -0.25) is 0 Å². The smallest absolute Gasteiger partial charge is 0.250 e. The molecule has 1 aliphatic rings. The Bertz CT molecular complexity index is 1300. The molecular weight excluding hydrogens is 474 g/mol. The van der Waals surface area contributed by atoms with Crippen molar-refractivity contribution in [3.05, 3.63) is 64.5 Å². The lowest BCUT2D eigenvalue weighted by Crippen LogP contribution is -2.29. The SMILES string of the molecule is CNS(=O)(=O)c1sccc1C(C)NCCCN1c2ccccc2S(=O)c2ccc(C)c(C)c21. The number of hydrogen-bond acceptors (Lipinski definition) is 6. The summed E-state index contributed by atoms with van der Waals surface area (Å²) in [5.41, 5.74) is 5.14. The molecule has 4 rings (SSSR count). The van der Waals surface area contributed by atoms with Gasteiger partial charge in [0.2, 0.25) is 10.0 Å². The highest BCUT2D eigenvalue weighted by Gasteiger charge is 2.29. The number of fused-ring (bicyclic) bond motifs is 2. The topological polar surface area (TPSA) is 78.5 Å². The molecule has 2 unspecified atom stereocenters. The van der Waals surface area contributed by atoms with Gasteiger partial charge in [0.05, 0.1) is 32.0 Å². The zero-order chi connectivity index (χ0) is 23.8. The van der Waals surface area contributed by atoms with Gasteiger partial charge < -0.3 is 10.2 Å². The molecule has 0 saturated heterocycles. The van der Waals surface area contributed by atoms with E-state index in [-0.39, 0.29) is 6.04 Å². The minimum atomic E-state index is -3.47. The number of thiophene rings is 1. The molecule has 33 heavy (non-hydrogen) atoms. The first-order valence-corrected chi connectivity index (χ1v) is 14.4. The maximum Gasteiger partial charge on any atom is 0.250 e. The lowest BCUT2D eigenvalue weighted by molar-refractivity contribution is 0.549. The zero-order valence-electron chi connectivity index (χ0n) is 19.2. The third-order valence-electron chi connectivity index (χ3n) is 6.14. The van der Waals surface area contributed by atoms with Gasteiger partial charge in [0.15, 0.2) is 0 Å². The molecule has 0 saturated carbocycles.